The molecule has 152 valence electrons. The van der Waals surface area contributed by atoms with Crippen molar-refractivity contribution in [1.82, 2.24) is 14.5 Å². The van der Waals surface area contributed by atoms with Crippen LogP contribution in [-0.2, 0) is 13.2 Å². The van der Waals surface area contributed by atoms with Crippen molar-refractivity contribution in [3.63, 3.8) is 0 Å². The van der Waals surface area contributed by atoms with Gasteiger partial charge in [-0.3, -0.25) is 0 Å². The van der Waals surface area contributed by atoms with Gasteiger partial charge in [0.25, 0.3) is 0 Å². The lowest BCUT2D eigenvalue weighted by atomic mass is 10.1. The molecule has 0 unspecified atom stereocenters. The number of nitrogens with two attached hydrogens (primary N) is 1. The molecule has 2 aromatic carbocycles. The molecule has 4 aromatic rings. The summed E-state index contributed by atoms with van der Waals surface area (Å²) in [6.07, 6.45) is 0. The number of fused-ring (bicyclic) bond motifs is 3. The maximum absolute atomic E-state index is 6.22. The van der Waals surface area contributed by atoms with Crippen LogP contribution in [-0.4, -0.2) is 14.5 Å². The van der Waals surface area contributed by atoms with Crippen LogP contribution >= 0.6 is 0 Å². The van der Waals surface area contributed by atoms with Crippen molar-refractivity contribution in [2.75, 3.05) is 5.73 Å². The molecule has 0 fully saturated rings. The number of anilines is 1. The molecule has 0 saturated heterocycles. The summed E-state index contributed by atoms with van der Waals surface area (Å²) in [6.45, 7) is 11.8. The fourth-order valence-corrected chi connectivity index (χ4v) is 3.42. The van der Waals surface area contributed by atoms with E-state index in [-0.39, 0.29) is 0 Å². The maximum atomic E-state index is 6.22. The average molecular weight is 391 g/mol. The van der Waals surface area contributed by atoms with Gasteiger partial charge in [0.15, 0.2) is 5.82 Å². The summed E-state index contributed by atoms with van der Waals surface area (Å²) in [4.78, 5) is 9.23. The second kappa shape index (κ2) is 8.95. The molecule has 2 aromatic heterocycles. The molecule has 0 radical (unpaired) electrons. The Morgan fingerprint density at radius 1 is 1.03 bits per heavy atom. The number of pyridine rings is 1. The molecule has 2 heterocycles. The standard InChI is InChI=1S/C22H24N4O.C2H6/c1-14(2)12-26-15(3)24-20-21(26)18-10-9-17(11-19(18)25-22(20)23)27-13-16-7-5-4-6-8-16;1-2/h4-11,14H,12-13H2,1-3H3,(H2,23,25);1-2H3. The SMILES string of the molecule is CC.Cc1nc2c(N)nc3cc(OCc4ccccc4)ccc3c2n1CC(C)C. The van der Waals surface area contributed by atoms with E-state index >= 15 is 0 Å². The minimum Gasteiger partial charge on any atom is -0.489 e. The second-order valence-corrected chi connectivity index (χ2v) is 7.31. The summed E-state index contributed by atoms with van der Waals surface area (Å²) in [7, 11) is 0. The summed E-state index contributed by atoms with van der Waals surface area (Å²) in [6, 6.07) is 16.1. The Balaban J connectivity index is 0.00000117. The summed E-state index contributed by atoms with van der Waals surface area (Å²) in [5.74, 6) is 2.72. The Morgan fingerprint density at radius 2 is 1.76 bits per heavy atom. The normalized spacial score (nSPS) is 11.0. The zero-order chi connectivity index (χ0) is 21.0. The van der Waals surface area contributed by atoms with Gasteiger partial charge in [0, 0.05) is 18.0 Å². The first kappa shape index (κ1) is 20.6. The van der Waals surface area contributed by atoms with E-state index in [4.69, 9.17) is 10.5 Å². The third kappa shape index (κ3) is 4.34. The third-order valence-electron chi connectivity index (χ3n) is 4.66. The van der Waals surface area contributed by atoms with Crippen molar-refractivity contribution >= 4 is 27.8 Å². The predicted molar refractivity (Wildman–Crippen MR) is 121 cm³/mol. The number of aryl methyl sites for hydroxylation is 1. The Morgan fingerprint density at radius 3 is 2.45 bits per heavy atom. The summed E-state index contributed by atoms with van der Waals surface area (Å²) in [5, 5.41) is 1.05. The Bertz CT molecular complexity index is 1100. The van der Waals surface area contributed by atoms with Crippen molar-refractivity contribution in [1.29, 1.82) is 0 Å². The number of ether oxygens (including phenoxy) is 1. The van der Waals surface area contributed by atoms with Gasteiger partial charge in [0.2, 0.25) is 0 Å². The Labute approximate surface area is 172 Å². The number of nitrogen functional groups attached to an aromatic ring is 1. The number of hydrogen-bond donors (Lipinski definition) is 1. The van der Waals surface area contributed by atoms with Gasteiger partial charge in [0.1, 0.15) is 23.7 Å². The molecular weight excluding hydrogens is 360 g/mol. The van der Waals surface area contributed by atoms with Crippen molar-refractivity contribution in [3.05, 3.63) is 59.9 Å². The second-order valence-electron chi connectivity index (χ2n) is 7.31. The zero-order valence-electron chi connectivity index (χ0n) is 17.9. The van der Waals surface area contributed by atoms with Gasteiger partial charge in [-0.25, -0.2) is 9.97 Å². The van der Waals surface area contributed by atoms with Crippen molar-refractivity contribution < 1.29 is 4.74 Å². The largest absolute Gasteiger partial charge is 0.489 e. The van der Waals surface area contributed by atoms with E-state index in [1.165, 1.54) is 0 Å². The van der Waals surface area contributed by atoms with E-state index in [1.54, 1.807) is 0 Å². The third-order valence-corrected chi connectivity index (χ3v) is 4.66. The fourth-order valence-electron chi connectivity index (χ4n) is 3.42. The van der Waals surface area contributed by atoms with Crippen LogP contribution in [0.15, 0.2) is 48.5 Å². The van der Waals surface area contributed by atoms with Gasteiger partial charge >= 0.3 is 0 Å². The molecule has 2 N–H and O–H groups in total. The Kier molecular flexibility index (Phi) is 6.37. The topological polar surface area (TPSA) is 66.0 Å². The van der Waals surface area contributed by atoms with E-state index in [9.17, 15) is 0 Å². The molecule has 29 heavy (non-hydrogen) atoms. The minimum absolute atomic E-state index is 0.461. The lowest BCUT2D eigenvalue weighted by molar-refractivity contribution is 0.306. The minimum atomic E-state index is 0.461. The van der Waals surface area contributed by atoms with Crippen LogP contribution in [0.1, 0.15) is 39.1 Å². The zero-order valence-corrected chi connectivity index (χ0v) is 17.9. The fraction of sp³-hybridized carbons (Fsp3) is 0.333. The molecule has 0 aliphatic carbocycles. The first-order valence-electron chi connectivity index (χ1n) is 10.3. The van der Waals surface area contributed by atoms with Gasteiger partial charge in [-0.05, 0) is 30.5 Å². The highest BCUT2D eigenvalue weighted by molar-refractivity contribution is 6.06. The quantitative estimate of drug-likeness (QED) is 0.472. The molecule has 5 heteroatoms. The molecule has 0 saturated carbocycles. The van der Waals surface area contributed by atoms with Crippen LogP contribution in [0.3, 0.4) is 0 Å². The van der Waals surface area contributed by atoms with Crippen LogP contribution in [0.2, 0.25) is 0 Å². The number of imidazole rings is 1. The molecule has 0 atom stereocenters. The van der Waals surface area contributed by atoms with E-state index < -0.39 is 0 Å². The van der Waals surface area contributed by atoms with Crippen LogP contribution in [0.25, 0.3) is 21.9 Å². The van der Waals surface area contributed by atoms with Gasteiger partial charge in [-0.1, -0.05) is 58.0 Å². The van der Waals surface area contributed by atoms with Gasteiger partial charge < -0.3 is 15.0 Å². The first-order valence-corrected chi connectivity index (χ1v) is 10.3. The van der Waals surface area contributed by atoms with Crippen LogP contribution in [0.4, 0.5) is 5.82 Å². The number of benzene rings is 2. The smallest absolute Gasteiger partial charge is 0.152 e. The van der Waals surface area contributed by atoms with Gasteiger partial charge in [-0.2, -0.15) is 0 Å². The molecule has 0 bridgehead atoms. The van der Waals surface area contributed by atoms with Crippen molar-refractivity contribution in [3.8, 4) is 5.75 Å². The highest BCUT2D eigenvalue weighted by Gasteiger charge is 2.16. The average Bonchev–Trinajstić information content (AvgIpc) is 3.05. The summed E-state index contributed by atoms with van der Waals surface area (Å²) >= 11 is 0. The van der Waals surface area contributed by atoms with Gasteiger partial charge in [0.05, 0.1) is 11.0 Å². The summed E-state index contributed by atoms with van der Waals surface area (Å²) < 4.78 is 8.19. The molecule has 0 aliphatic rings. The molecule has 4 rings (SSSR count). The molecular formula is C24H30N4O. The highest BCUT2D eigenvalue weighted by Crippen LogP contribution is 2.31. The molecule has 0 spiro atoms. The maximum Gasteiger partial charge on any atom is 0.152 e. The monoisotopic (exact) mass is 390 g/mol. The highest BCUT2D eigenvalue weighted by atomic mass is 16.5. The van der Waals surface area contributed by atoms with Crippen molar-refractivity contribution in [2.24, 2.45) is 5.92 Å². The predicted octanol–water partition coefficient (Wildman–Crippen LogP) is 5.74. The summed E-state index contributed by atoms with van der Waals surface area (Å²) in [5.41, 5.74) is 10.0. The van der Waals surface area contributed by atoms with E-state index in [2.05, 4.69) is 34.4 Å². The van der Waals surface area contributed by atoms with E-state index in [1.807, 2.05) is 63.2 Å². The van der Waals surface area contributed by atoms with Crippen LogP contribution in [0.5, 0.6) is 5.75 Å². The van der Waals surface area contributed by atoms with Crippen molar-refractivity contribution in [2.45, 2.75) is 47.8 Å². The molecule has 0 amide bonds. The van der Waals surface area contributed by atoms with E-state index in [0.717, 1.165) is 45.6 Å². The lowest BCUT2D eigenvalue weighted by Crippen LogP contribution is -2.06. The lowest BCUT2D eigenvalue weighted by Gasteiger charge is -2.12. The molecule has 0 aliphatic heterocycles. The van der Waals surface area contributed by atoms with Crippen LogP contribution in [0, 0.1) is 12.8 Å². The number of rotatable bonds is 5. The molecule has 5 nitrogen and oxygen atoms in total. The number of hydrogen-bond acceptors (Lipinski definition) is 4. The number of nitrogens with zero attached hydrogens (tertiary/aromatic N) is 3. The van der Waals surface area contributed by atoms with Gasteiger partial charge in [-0.15, -0.1) is 0 Å². The Hall–Kier alpha value is -3.08. The van der Waals surface area contributed by atoms with Crippen LogP contribution < -0.4 is 10.5 Å². The van der Waals surface area contributed by atoms with E-state index in [0.29, 0.717) is 18.3 Å². The first-order chi connectivity index (χ1) is 14.0. The number of aromatic nitrogens is 3.